The summed E-state index contributed by atoms with van der Waals surface area (Å²) in [6, 6.07) is 4.29. The summed E-state index contributed by atoms with van der Waals surface area (Å²) in [6.07, 6.45) is 3.13. The Morgan fingerprint density at radius 3 is 2.60 bits per heavy atom. The number of aromatic nitrogens is 2. The molecule has 5 rings (SSSR count). The lowest BCUT2D eigenvalue weighted by Gasteiger charge is -2.34. The molecule has 0 bridgehead atoms. The second-order valence-corrected chi connectivity index (χ2v) is 11.0. The maximum absolute atomic E-state index is 12.4. The molecule has 2 saturated heterocycles. The summed E-state index contributed by atoms with van der Waals surface area (Å²) in [4.78, 5) is 25.6. The molecular weight excluding hydrogens is 514 g/mol. The van der Waals surface area contributed by atoms with Gasteiger partial charge in [-0.2, -0.15) is 0 Å². The third kappa shape index (κ3) is 5.33. The van der Waals surface area contributed by atoms with Gasteiger partial charge < -0.3 is 29.3 Å². The number of piperidine rings is 1. The minimum atomic E-state index is -0.483. The van der Waals surface area contributed by atoms with Gasteiger partial charge in [-0.3, -0.25) is 0 Å². The number of benzene rings is 1. The number of halogens is 1. The van der Waals surface area contributed by atoms with Crippen LogP contribution >= 0.6 is 15.9 Å². The zero-order chi connectivity index (χ0) is 24.6. The van der Waals surface area contributed by atoms with Gasteiger partial charge in [0.1, 0.15) is 30.2 Å². The lowest BCUT2D eigenvalue weighted by Crippen LogP contribution is -2.41. The molecule has 2 aromatic rings. The molecule has 2 fully saturated rings. The van der Waals surface area contributed by atoms with Crippen LogP contribution in [0.1, 0.15) is 50.7 Å². The van der Waals surface area contributed by atoms with Gasteiger partial charge in [0.25, 0.3) is 0 Å². The third-order valence-corrected chi connectivity index (χ3v) is 7.12. The van der Waals surface area contributed by atoms with E-state index in [0.717, 1.165) is 59.0 Å². The number of hydrogen-bond acceptors (Lipinski definition) is 8. The van der Waals surface area contributed by atoms with Crippen molar-refractivity contribution in [2.75, 3.05) is 49.6 Å². The zero-order valence-corrected chi connectivity index (χ0v) is 22.1. The summed E-state index contributed by atoms with van der Waals surface area (Å²) in [5.41, 5.74) is 2.56. The number of carbonyl (C=O) groups excluding carboxylic acids is 1. The molecule has 1 aromatic heterocycles. The van der Waals surface area contributed by atoms with E-state index in [9.17, 15) is 4.79 Å². The molecule has 0 atom stereocenters. The molecule has 0 aliphatic carbocycles. The fourth-order valence-electron chi connectivity index (χ4n) is 4.77. The molecule has 3 aliphatic rings. The number of nitrogens with one attached hydrogen (secondary N) is 1. The fraction of sp³-hybridized carbons (Fsp3) is 0.560. The first-order chi connectivity index (χ1) is 16.8. The number of hydrogen-bond donors (Lipinski definition) is 1. The molecule has 1 aromatic carbocycles. The SMILES string of the molecule is CC(C)(C)OC(=O)N1CCC(c2cc(Br)c3c(c2)Nc2ncnc(N4CCOCC4)c2CO3)CC1. The monoisotopic (exact) mass is 545 g/mol. The number of amides is 1. The Bertz CT molecular complexity index is 1090. The summed E-state index contributed by atoms with van der Waals surface area (Å²) in [7, 11) is 0. The van der Waals surface area contributed by atoms with Gasteiger partial charge in [0, 0.05) is 26.2 Å². The van der Waals surface area contributed by atoms with Gasteiger partial charge in [0.05, 0.1) is 28.9 Å². The van der Waals surface area contributed by atoms with Crippen molar-refractivity contribution in [2.24, 2.45) is 0 Å². The van der Waals surface area contributed by atoms with E-state index >= 15 is 0 Å². The number of nitrogens with zero attached hydrogens (tertiary/aromatic N) is 4. The maximum atomic E-state index is 12.4. The van der Waals surface area contributed by atoms with E-state index in [0.29, 0.717) is 38.8 Å². The molecule has 188 valence electrons. The number of morpholine rings is 1. The van der Waals surface area contributed by atoms with E-state index in [2.05, 4.69) is 48.2 Å². The van der Waals surface area contributed by atoms with E-state index in [1.807, 2.05) is 25.7 Å². The lowest BCUT2D eigenvalue weighted by atomic mass is 9.89. The topological polar surface area (TPSA) is 89.0 Å². The van der Waals surface area contributed by atoms with Crippen LogP contribution in [0.25, 0.3) is 0 Å². The Morgan fingerprint density at radius 2 is 1.89 bits per heavy atom. The number of anilines is 3. The minimum absolute atomic E-state index is 0.235. The van der Waals surface area contributed by atoms with E-state index in [-0.39, 0.29) is 6.09 Å². The minimum Gasteiger partial charge on any atom is -0.485 e. The third-order valence-electron chi connectivity index (χ3n) is 6.53. The first-order valence-corrected chi connectivity index (χ1v) is 13.0. The molecule has 1 amide bonds. The molecule has 10 heteroatoms. The van der Waals surface area contributed by atoms with Crippen LogP contribution in [-0.4, -0.2) is 66.0 Å². The van der Waals surface area contributed by atoms with Gasteiger partial charge in [0.2, 0.25) is 0 Å². The molecule has 0 unspecified atom stereocenters. The van der Waals surface area contributed by atoms with Crippen molar-refractivity contribution in [3.63, 3.8) is 0 Å². The van der Waals surface area contributed by atoms with Crippen LogP contribution in [0.2, 0.25) is 0 Å². The summed E-state index contributed by atoms with van der Waals surface area (Å²) in [6.45, 7) is 10.4. The maximum Gasteiger partial charge on any atom is 0.410 e. The van der Waals surface area contributed by atoms with E-state index in [4.69, 9.17) is 14.2 Å². The lowest BCUT2D eigenvalue weighted by molar-refractivity contribution is 0.0205. The molecule has 0 spiro atoms. The highest BCUT2D eigenvalue weighted by atomic mass is 79.9. The van der Waals surface area contributed by atoms with Crippen LogP contribution in [0.4, 0.5) is 22.1 Å². The number of rotatable bonds is 2. The predicted octanol–water partition coefficient (Wildman–Crippen LogP) is 4.83. The Morgan fingerprint density at radius 1 is 1.14 bits per heavy atom. The summed E-state index contributed by atoms with van der Waals surface area (Å²) < 4.78 is 18.2. The van der Waals surface area contributed by atoms with E-state index in [1.165, 1.54) is 5.56 Å². The van der Waals surface area contributed by atoms with Crippen LogP contribution in [0.3, 0.4) is 0 Å². The number of ether oxygens (including phenoxy) is 3. The smallest absolute Gasteiger partial charge is 0.410 e. The quantitative estimate of drug-likeness (QED) is 0.574. The largest absolute Gasteiger partial charge is 0.485 e. The Kier molecular flexibility index (Phi) is 6.76. The molecule has 4 heterocycles. The Balaban J connectivity index is 1.34. The summed E-state index contributed by atoms with van der Waals surface area (Å²) >= 11 is 3.73. The van der Waals surface area contributed by atoms with Crippen LogP contribution in [0, 0.1) is 0 Å². The van der Waals surface area contributed by atoms with E-state index < -0.39 is 5.60 Å². The van der Waals surface area contributed by atoms with Gasteiger partial charge in [0.15, 0.2) is 5.75 Å². The fourth-order valence-corrected chi connectivity index (χ4v) is 5.37. The highest BCUT2D eigenvalue weighted by Crippen LogP contribution is 2.43. The zero-order valence-electron chi connectivity index (χ0n) is 20.5. The van der Waals surface area contributed by atoms with Crippen molar-refractivity contribution in [3.8, 4) is 5.75 Å². The average Bonchev–Trinajstić information content (AvgIpc) is 3.03. The predicted molar refractivity (Wildman–Crippen MR) is 137 cm³/mol. The van der Waals surface area contributed by atoms with Gasteiger partial charge in [-0.1, -0.05) is 0 Å². The van der Waals surface area contributed by atoms with Crippen LogP contribution < -0.4 is 15.0 Å². The Labute approximate surface area is 214 Å². The van der Waals surface area contributed by atoms with Gasteiger partial charge in [-0.25, -0.2) is 14.8 Å². The first kappa shape index (κ1) is 24.1. The number of likely N-dealkylation sites (tertiary alicyclic amines) is 1. The number of carbonyl (C=O) groups is 1. The molecular formula is C25H32BrN5O4. The average molecular weight is 546 g/mol. The van der Waals surface area contributed by atoms with E-state index in [1.54, 1.807) is 6.33 Å². The van der Waals surface area contributed by atoms with Crippen molar-refractivity contribution >= 4 is 39.3 Å². The highest BCUT2D eigenvalue weighted by Gasteiger charge is 2.29. The molecule has 35 heavy (non-hydrogen) atoms. The van der Waals surface area contributed by atoms with Gasteiger partial charge in [-0.05, 0) is 73.2 Å². The Hall–Kier alpha value is -2.59. The standard InChI is InChI=1S/C25H32BrN5O4/c1-25(2,3)35-24(32)31-6-4-16(5-7-31)17-12-19(26)21-20(13-17)29-22-18(14-34-21)23(28-15-27-22)30-8-10-33-11-9-30/h12-13,15-16H,4-11,14H2,1-3H3,(H,27,28,29). The van der Waals surface area contributed by atoms with Crippen molar-refractivity contribution in [3.05, 3.63) is 34.1 Å². The van der Waals surface area contributed by atoms with Gasteiger partial charge >= 0.3 is 6.09 Å². The van der Waals surface area contributed by atoms with Crippen LogP contribution in [0.15, 0.2) is 22.9 Å². The highest BCUT2D eigenvalue weighted by molar-refractivity contribution is 9.10. The summed E-state index contributed by atoms with van der Waals surface area (Å²) in [5.74, 6) is 2.77. The number of fused-ring (bicyclic) bond motifs is 2. The molecule has 0 radical (unpaired) electrons. The summed E-state index contributed by atoms with van der Waals surface area (Å²) in [5, 5.41) is 3.51. The second kappa shape index (κ2) is 9.81. The molecule has 1 N–H and O–H groups in total. The molecule has 0 saturated carbocycles. The normalized spacial score (nSPS) is 18.6. The van der Waals surface area contributed by atoms with Crippen molar-refractivity contribution in [1.82, 2.24) is 14.9 Å². The van der Waals surface area contributed by atoms with Crippen molar-refractivity contribution < 1.29 is 19.0 Å². The van der Waals surface area contributed by atoms with Crippen LogP contribution in [0.5, 0.6) is 5.75 Å². The molecule has 9 nitrogen and oxygen atoms in total. The van der Waals surface area contributed by atoms with Crippen molar-refractivity contribution in [2.45, 2.75) is 51.7 Å². The van der Waals surface area contributed by atoms with Gasteiger partial charge in [-0.15, -0.1) is 0 Å². The molecule has 3 aliphatic heterocycles. The van der Waals surface area contributed by atoms with Crippen LogP contribution in [-0.2, 0) is 16.1 Å². The second-order valence-electron chi connectivity index (χ2n) is 10.2. The first-order valence-electron chi connectivity index (χ1n) is 12.2. The van der Waals surface area contributed by atoms with Crippen molar-refractivity contribution in [1.29, 1.82) is 0 Å².